The first-order valence-corrected chi connectivity index (χ1v) is 5.39. The molecule has 90 valence electrons. The van der Waals surface area contributed by atoms with E-state index in [9.17, 15) is 10.5 Å². The van der Waals surface area contributed by atoms with Crippen molar-refractivity contribution in [2.45, 2.75) is 19.5 Å². The van der Waals surface area contributed by atoms with Crippen LogP contribution in [0.2, 0.25) is 0 Å². The van der Waals surface area contributed by atoms with Crippen LogP contribution in [-0.2, 0) is 0 Å². The number of hydrogen-bond donors (Lipinski definition) is 2. The lowest BCUT2D eigenvalue weighted by Crippen LogP contribution is -2.34. The molecule has 0 saturated carbocycles. The van der Waals surface area contributed by atoms with E-state index in [1.54, 1.807) is 0 Å². The van der Waals surface area contributed by atoms with Gasteiger partial charge in [0, 0.05) is 0 Å². The third kappa shape index (κ3) is 1.61. The average Bonchev–Trinajstić information content (AvgIpc) is 2.70. The highest BCUT2D eigenvalue weighted by Gasteiger charge is 2.34. The van der Waals surface area contributed by atoms with Crippen LogP contribution in [0.15, 0.2) is 0 Å². The number of anilines is 2. The van der Waals surface area contributed by atoms with Crippen molar-refractivity contribution in [3.63, 3.8) is 0 Å². The summed E-state index contributed by atoms with van der Waals surface area (Å²) in [6.07, 6.45) is 0. The Kier molecular flexibility index (Phi) is 2.52. The number of hydrogen-bond acceptors (Lipinski definition) is 6. The number of rotatable bonds is 0. The summed E-state index contributed by atoms with van der Waals surface area (Å²) in [4.78, 5) is 0. The van der Waals surface area contributed by atoms with Crippen LogP contribution in [0.5, 0.6) is 0 Å². The largest absolute Gasteiger partial charge is 0.360 e. The first kappa shape index (κ1) is 12.2. The Morgan fingerprint density at radius 1 is 0.684 bits per heavy atom. The van der Waals surface area contributed by atoms with E-state index in [2.05, 4.69) is 10.6 Å². The molecule has 2 rings (SSSR count). The van der Waals surface area contributed by atoms with Crippen LogP contribution in [0.3, 0.4) is 0 Å². The molecular weight excluding hydrogens is 240 g/mol. The zero-order chi connectivity index (χ0) is 14.2. The molecule has 2 N–H and O–H groups in total. The Bertz CT molecular complexity index is 683. The van der Waals surface area contributed by atoms with Crippen molar-refractivity contribution in [3.8, 4) is 24.3 Å². The predicted octanol–water partition coefficient (Wildman–Crippen LogP) is 1.75. The minimum absolute atomic E-state index is 0.0627. The Morgan fingerprint density at radius 2 is 1.00 bits per heavy atom. The van der Waals surface area contributed by atoms with Crippen molar-refractivity contribution in [2.24, 2.45) is 0 Å². The van der Waals surface area contributed by atoms with E-state index in [-0.39, 0.29) is 22.3 Å². The Balaban J connectivity index is 2.96. The number of nitrogens with zero attached hydrogens (tertiary/aromatic N) is 4. The van der Waals surface area contributed by atoms with Crippen LogP contribution in [0, 0.1) is 45.3 Å². The van der Waals surface area contributed by atoms with E-state index < -0.39 is 5.66 Å². The lowest BCUT2D eigenvalue weighted by atomic mass is 9.95. The molecule has 6 nitrogen and oxygen atoms in total. The van der Waals surface area contributed by atoms with Gasteiger partial charge in [-0.3, -0.25) is 0 Å². The van der Waals surface area contributed by atoms with Gasteiger partial charge in [-0.15, -0.1) is 0 Å². The molecule has 0 spiro atoms. The van der Waals surface area contributed by atoms with Gasteiger partial charge in [0.1, 0.15) is 29.9 Å². The molecule has 0 aliphatic carbocycles. The maximum absolute atomic E-state index is 9.21. The van der Waals surface area contributed by atoms with Gasteiger partial charge in [-0.1, -0.05) is 0 Å². The van der Waals surface area contributed by atoms with Crippen molar-refractivity contribution in [3.05, 3.63) is 22.3 Å². The van der Waals surface area contributed by atoms with Crippen molar-refractivity contribution in [1.29, 1.82) is 21.0 Å². The summed E-state index contributed by atoms with van der Waals surface area (Å²) in [5, 5.41) is 42.8. The summed E-state index contributed by atoms with van der Waals surface area (Å²) in [7, 11) is 0. The van der Waals surface area contributed by atoms with Gasteiger partial charge in [0.25, 0.3) is 0 Å². The van der Waals surface area contributed by atoms with Crippen molar-refractivity contribution in [1.82, 2.24) is 0 Å². The van der Waals surface area contributed by atoms with Gasteiger partial charge in [0.2, 0.25) is 0 Å². The molecule has 1 aromatic carbocycles. The Hall–Kier alpha value is -3.22. The molecule has 0 fully saturated rings. The molecule has 0 unspecified atom stereocenters. The molecule has 0 saturated heterocycles. The fourth-order valence-electron chi connectivity index (χ4n) is 2.10. The van der Waals surface area contributed by atoms with Crippen LogP contribution in [0.25, 0.3) is 0 Å². The van der Waals surface area contributed by atoms with Crippen LogP contribution < -0.4 is 10.6 Å². The summed E-state index contributed by atoms with van der Waals surface area (Å²) < 4.78 is 0. The van der Waals surface area contributed by atoms with Crippen LogP contribution >= 0.6 is 0 Å². The maximum Gasteiger partial charge on any atom is 0.103 e. The summed E-state index contributed by atoms with van der Waals surface area (Å²) in [5.74, 6) is 0. The minimum Gasteiger partial charge on any atom is -0.360 e. The lowest BCUT2D eigenvalue weighted by molar-refractivity contribution is 0.674. The van der Waals surface area contributed by atoms with Gasteiger partial charge in [0.15, 0.2) is 0 Å². The molecule has 1 heterocycles. The third-order valence-electron chi connectivity index (χ3n) is 2.82. The number of nitriles is 4. The second kappa shape index (κ2) is 3.91. The standard InChI is InChI=1S/C13H8N6/c1-13(2)18-11-9(5-16)7(3-14)8(4-15)10(6-17)12(11)19-13/h18-19H,1-2H3. The van der Waals surface area contributed by atoms with Crippen molar-refractivity contribution in [2.75, 3.05) is 10.6 Å². The molecule has 0 bridgehead atoms. The smallest absolute Gasteiger partial charge is 0.103 e. The molecular formula is C13H8N6. The van der Waals surface area contributed by atoms with Gasteiger partial charge in [0.05, 0.1) is 33.6 Å². The van der Waals surface area contributed by atoms with Gasteiger partial charge in [-0.25, -0.2) is 0 Å². The zero-order valence-corrected chi connectivity index (χ0v) is 10.3. The topological polar surface area (TPSA) is 119 Å². The van der Waals surface area contributed by atoms with E-state index in [4.69, 9.17) is 10.5 Å². The molecule has 0 amide bonds. The molecule has 6 heteroatoms. The molecule has 19 heavy (non-hydrogen) atoms. The van der Waals surface area contributed by atoms with Gasteiger partial charge >= 0.3 is 0 Å². The summed E-state index contributed by atoms with van der Waals surface area (Å²) in [6, 6.07) is 7.52. The van der Waals surface area contributed by atoms with Crippen LogP contribution in [0.4, 0.5) is 11.4 Å². The first-order chi connectivity index (χ1) is 8.99. The molecule has 1 aromatic rings. The van der Waals surface area contributed by atoms with Gasteiger partial charge in [-0.2, -0.15) is 21.0 Å². The predicted molar refractivity (Wildman–Crippen MR) is 66.6 cm³/mol. The SMILES string of the molecule is CC1(C)Nc2c(C#N)c(C#N)c(C#N)c(C#N)c2N1. The maximum atomic E-state index is 9.21. The highest BCUT2D eigenvalue weighted by molar-refractivity contribution is 5.90. The molecule has 0 radical (unpaired) electrons. The Morgan fingerprint density at radius 3 is 1.26 bits per heavy atom. The van der Waals surface area contributed by atoms with Crippen molar-refractivity contribution >= 4 is 11.4 Å². The minimum atomic E-state index is -0.555. The normalized spacial score (nSPS) is 13.8. The molecule has 1 aliphatic rings. The molecule has 0 aromatic heterocycles. The van der Waals surface area contributed by atoms with Gasteiger partial charge < -0.3 is 10.6 Å². The first-order valence-electron chi connectivity index (χ1n) is 5.39. The highest BCUT2D eigenvalue weighted by Crippen LogP contribution is 2.42. The number of benzene rings is 1. The van der Waals surface area contributed by atoms with Gasteiger partial charge in [-0.05, 0) is 13.8 Å². The van der Waals surface area contributed by atoms with E-state index in [1.807, 2.05) is 38.1 Å². The third-order valence-corrected chi connectivity index (χ3v) is 2.82. The molecule has 1 aliphatic heterocycles. The Labute approximate surface area is 110 Å². The van der Waals surface area contributed by atoms with Crippen LogP contribution in [-0.4, -0.2) is 5.66 Å². The summed E-state index contributed by atoms with van der Waals surface area (Å²) in [5.41, 5.74) is 0.302. The quantitative estimate of drug-likeness (QED) is 0.721. The second-order valence-electron chi connectivity index (χ2n) is 4.57. The van der Waals surface area contributed by atoms with E-state index in [1.165, 1.54) is 0 Å². The van der Waals surface area contributed by atoms with Crippen LogP contribution in [0.1, 0.15) is 36.1 Å². The molecule has 0 atom stereocenters. The van der Waals surface area contributed by atoms with E-state index in [0.29, 0.717) is 11.4 Å². The van der Waals surface area contributed by atoms with E-state index >= 15 is 0 Å². The average molecular weight is 248 g/mol. The van der Waals surface area contributed by atoms with E-state index in [0.717, 1.165) is 0 Å². The highest BCUT2D eigenvalue weighted by atomic mass is 15.2. The van der Waals surface area contributed by atoms with Crippen molar-refractivity contribution < 1.29 is 0 Å². The second-order valence-corrected chi connectivity index (χ2v) is 4.57. The summed E-state index contributed by atoms with van der Waals surface area (Å²) in [6.45, 7) is 3.65. The monoisotopic (exact) mass is 248 g/mol. The number of nitrogens with one attached hydrogen (secondary N) is 2. The number of fused-ring (bicyclic) bond motifs is 1. The zero-order valence-electron chi connectivity index (χ0n) is 10.3. The summed E-state index contributed by atoms with van der Waals surface area (Å²) >= 11 is 0. The fourth-order valence-corrected chi connectivity index (χ4v) is 2.10. The lowest BCUT2D eigenvalue weighted by Gasteiger charge is -2.19. The fraction of sp³-hybridized carbons (Fsp3) is 0.231.